The van der Waals surface area contributed by atoms with E-state index in [4.69, 9.17) is 10.5 Å². The summed E-state index contributed by atoms with van der Waals surface area (Å²) in [5, 5.41) is 14.3. The van der Waals surface area contributed by atoms with Gasteiger partial charge in [0.1, 0.15) is 18.7 Å². The van der Waals surface area contributed by atoms with Crippen LogP contribution in [0.25, 0.3) is 0 Å². The monoisotopic (exact) mass is 413 g/mol. The van der Waals surface area contributed by atoms with Gasteiger partial charge in [-0.15, -0.1) is 0 Å². The zero-order valence-electron chi connectivity index (χ0n) is 17.1. The van der Waals surface area contributed by atoms with Gasteiger partial charge >= 0.3 is 6.09 Å². The predicted molar refractivity (Wildman–Crippen MR) is 111 cm³/mol. The topological polar surface area (TPSA) is 131 Å². The maximum atomic E-state index is 12.5. The molecule has 0 unspecified atom stereocenters. The van der Waals surface area contributed by atoms with E-state index in [0.717, 1.165) is 22.3 Å². The molecule has 2 rings (SSSR count). The Morgan fingerprint density at radius 1 is 0.967 bits per heavy atom. The fourth-order valence-corrected chi connectivity index (χ4v) is 2.97. The molecule has 0 saturated heterocycles. The number of hydrogen-bond donors (Lipinski definition) is 4. The first-order valence-corrected chi connectivity index (χ1v) is 9.54. The highest BCUT2D eigenvalue weighted by Crippen LogP contribution is 2.15. The highest BCUT2D eigenvalue weighted by atomic mass is 16.5. The molecule has 0 aromatic heterocycles. The van der Waals surface area contributed by atoms with Crippen molar-refractivity contribution in [2.24, 2.45) is 5.73 Å². The molecular weight excluding hydrogens is 386 g/mol. The lowest BCUT2D eigenvalue weighted by Crippen LogP contribution is -2.55. The Morgan fingerprint density at radius 3 is 2.17 bits per heavy atom. The standard InChI is InChI=1S/C22H27N3O5/c1-14-7-6-8-15(2)17(14)11-18(20(23)27)24-21(28)19(12-26)25-22(29)30-13-16-9-4-3-5-10-16/h3-10,18-19,26H,11-13H2,1-2H3,(H2,23,27)(H,24,28)(H,25,29)/t18-,19-/m0/s1. The highest BCUT2D eigenvalue weighted by Gasteiger charge is 2.26. The minimum atomic E-state index is -1.28. The molecule has 3 amide bonds. The molecule has 2 aromatic rings. The number of aryl methyl sites for hydroxylation is 2. The lowest BCUT2D eigenvalue weighted by Gasteiger charge is -2.22. The van der Waals surface area contributed by atoms with Crippen molar-refractivity contribution in [1.29, 1.82) is 0 Å². The zero-order valence-corrected chi connectivity index (χ0v) is 17.1. The highest BCUT2D eigenvalue weighted by molar-refractivity contribution is 5.91. The molecule has 0 saturated carbocycles. The molecule has 2 atom stereocenters. The summed E-state index contributed by atoms with van der Waals surface area (Å²) in [6.45, 7) is 3.16. The number of aliphatic hydroxyl groups excluding tert-OH is 1. The number of hydrogen-bond acceptors (Lipinski definition) is 5. The fraction of sp³-hybridized carbons (Fsp3) is 0.318. The van der Waals surface area contributed by atoms with Gasteiger partial charge in [-0.2, -0.15) is 0 Å². The minimum absolute atomic E-state index is 0.0168. The Hall–Kier alpha value is -3.39. The van der Waals surface area contributed by atoms with Crippen LogP contribution in [0.3, 0.4) is 0 Å². The van der Waals surface area contributed by atoms with Crippen molar-refractivity contribution in [2.75, 3.05) is 6.61 Å². The molecular formula is C22H27N3O5. The third-order valence-corrected chi connectivity index (χ3v) is 4.72. The number of aliphatic hydroxyl groups is 1. The second-order valence-electron chi connectivity index (χ2n) is 6.98. The third-order valence-electron chi connectivity index (χ3n) is 4.72. The Labute approximate surface area is 175 Å². The van der Waals surface area contributed by atoms with Crippen LogP contribution in [0.5, 0.6) is 0 Å². The Kier molecular flexibility index (Phi) is 8.37. The molecule has 0 aliphatic heterocycles. The van der Waals surface area contributed by atoms with Gasteiger partial charge in [-0.3, -0.25) is 9.59 Å². The largest absolute Gasteiger partial charge is 0.445 e. The van der Waals surface area contributed by atoms with E-state index in [1.54, 1.807) is 24.3 Å². The van der Waals surface area contributed by atoms with Crippen molar-refractivity contribution in [3.63, 3.8) is 0 Å². The van der Waals surface area contributed by atoms with Gasteiger partial charge in [-0.05, 0) is 36.1 Å². The number of carbonyl (C=O) groups is 3. The van der Waals surface area contributed by atoms with Crippen LogP contribution >= 0.6 is 0 Å². The molecule has 2 aromatic carbocycles. The van der Waals surface area contributed by atoms with E-state index in [9.17, 15) is 19.5 Å². The first-order chi connectivity index (χ1) is 14.3. The molecule has 0 spiro atoms. The van der Waals surface area contributed by atoms with Crippen LogP contribution in [0.2, 0.25) is 0 Å². The maximum absolute atomic E-state index is 12.5. The average molecular weight is 413 g/mol. The molecule has 5 N–H and O–H groups in total. The number of nitrogens with two attached hydrogens (primary N) is 1. The Bertz CT molecular complexity index is 865. The Morgan fingerprint density at radius 2 is 1.60 bits per heavy atom. The van der Waals surface area contributed by atoms with E-state index < -0.39 is 36.6 Å². The lowest BCUT2D eigenvalue weighted by molar-refractivity contribution is -0.129. The number of rotatable bonds is 9. The summed E-state index contributed by atoms with van der Waals surface area (Å²) in [4.78, 5) is 36.4. The number of benzene rings is 2. The molecule has 30 heavy (non-hydrogen) atoms. The second-order valence-corrected chi connectivity index (χ2v) is 6.98. The molecule has 160 valence electrons. The van der Waals surface area contributed by atoms with E-state index in [1.807, 2.05) is 38.1 Å². The van der Waals surface area contributed by atoms with E-state index >= 15 is 0 Å². The molecule has 8 nitrogen and oxygen atoms in total. The summed E-state index contributed by atoms with van der Waals surface area (Å²) in [5.74, 6) is -1.45. The van der Waals surface area contributed by atoms with Gasteiger partial charge in [0.25, 0.3) is 0 Å². The van der Waals surface area contributed by atoms with Crippen LogP contribution in [0, 0.1) is 13.8 Å². The van der Waals surface area contributed by atoms with Crippen molar-refractivity contribution in [3.8, 4) is 0 Å². The van der Waals surface area contributed by atoms with Crippen LogP contribution in [-0.2, 0) is 27.4 Å². The maximum Gasteiger partial charge on any atom is 0.408 e. The van der Waals surface area contributed by atoms with Crippen LogP contribution in [0.4, 0.5) is 4.79 Å². The van der Waals surface area contributed by atoms with Crippen LogP contribution in [0.15, 0.2) is 48.5 Å². The van der Waals surface area contributed by atoms with Gasteiger partial charge in [0.2, 0.25) is 11.8 Å². The van der Waals surface area contributed by atoms with Crippen molar-refractivity contribution in [1.82, 2.24) is 10.6 Å². The average Bonchev–Trinajstić information content (AvgIpc) is 2.72. The Balaban J connectivity index is 1.97. The van der Waals surface area contributed by atoms with E-state index in [2.05, 4.69) is 10.6 Å². The first-order valence-electron chi connectivity index (χ1n) is 9.54. The van der Waals surface area contributed by atoms with Crippen molar-refractivity contribution >= 4 is 17.9 Å². The number of amides is 3. The predicted octanol–water partition coefficient (Wildman–Crippen LogP) is 1.10. The van der Waals surface area contributed by atoms with E-state index in [1.165, 1.54) is 0 Å². The van der Waals surface area contributed by atoms with Gasteiger partial charge in [0.05, 0.1) is 6.61 Å². The van der Waals surface area contributed by atoms with Gasteiger partial charge < -0.3 is 26.2 Å². The fourth-order valence-electron chi connectivity index (χ4n) is 2.97. The first kappa shape index (κ1) is 22.9. The van der Waals surface area contributed by atoms with Gasteiger partial charge in [-0.1, -0.05) is 48.5 Å². The van der Waals surface area contributed by atoms with Gasteiger partial charge in [0, 0.05) is 6.42 Å². The number of ether oxygens (including phenoxy) is 1. The summed E-state index contributed by atoms with van der Waals surface area (Å²) >= 11 is 0. The number of nitrogens with one attached hydrogen (secondary N) is 2. The summed E-state index contributed by atoms with van der Waals surface area (Å²) in [7, 11) is 0. The van der Waals surface area contributed by atoms with Crippen molar-refractivity contribution < 1.29 is 24.2 Å². The smallest absolute Gasteiger partial charge is 0.408 e. The quantitative estimate of drug-likeness (QED) is 0.489. The summed E-state index contributed by atoms with van der Waals surface area (Å²) in [5.41, 5.74) is 9.08. The number of carbonyl (C=O) groups excluding carboxylic acids is 3. The SMILES string of the molecule is Cc1cccc(C)c1C[C@H](NC(=O)[C@H](CO)NC(=O)OCc1ccccc1)C(N)=O. The summed E-state index contributed by atoms with van der Waals surface area (Å²) < 4.78 is 5.06. The molecule has 0 fully saturated rings. The van der Waals surface area contributed by atoms with Crippen molar-refractivity contribution in [3.05, 3.63) is 70.8 Å². The van der Waals surface area contributed by atoms with Crippen LogP contribution < -0.4 is 16.4 Å². The number of primary amides is 1. The van der Waals surface area contributed by atoms with Gasteiger partial charge in [-0.25, -0.2) is 4.79 Å². The normalized spacial score (nSPS) is 12.5. The zero-order chi connectivity index (χ0) is 22.1. The lowest BCUT2D eigenvalue weighted by atomic mass is 9.96. The molecule has 0 aliphatic rings. The molecule has 0 heterocycles. The van der Waals surface area contributed by atoms with Crippen LogP contribution in [0.1, 0.15) is 22.3 Å². The summed E-state index contributed by atoms with van der Waals surface area (Å²) in [6, 6.07) is 12.5. The van der Waals surface area contributed by atoms with E-state index in [0.29, 0.717) is 0 Å². The third kappa shape index (κ3) is 6.59. The molecule has 0 aliphatic carbocycles. The number of alkyl carbamates (subject to hydrolysis) is 1. The molecule has 0 bridgehead atoms. The molecule has 8 heteroatoms. The van der Waals surface area contributed by atoms with E-state index in [-0.39, 0.29) is 13.0 Å². The second kappa shape index (κ2) is 11.0. The minimum Gasteiger partial charge on any atom is -0.445 e. The van der Waals surface area contributed by atoms with Gasteiger partial charge in [0.15, 0.2) is 0 Å². The summed E-state index contributed by atoms with van der Waals surface area (Å²) in [6.07, 6.45) is -0.658. The van der Waals surface area contributed by atoms with Crippen LogP contribution in [-0.4, -0.2) is 41.7 Å². The molecule has 0 radical (unpaired) electrons. The van der Waals surface area contributed by atoms with Crippen molar-refractivity contribution in [2.45, 2.75) is 39.0 Å².